The summed E-state index contributed by atoms with van der Waals surface area (Å²) in [4.78, 5) is 47.6. The first-order valence-corrected chi connectivity index (χ1v) is 26.5. The molecule has 0 spiro atoms. The summed E-state index contributed by atoms with van der Waals surface area (Å²) in [7, 11) is 3.31. The van der Waals surface area contributed by atoms with E-state index in [-0.39, 0.29) is 11.8 Å². The quantitative estimate of drug-likeness (QED) is 0.0271. The first-order chi connectivity index (χ1) is 37.1. The molecule has 2 heterocycles. The Morgan fingerprint density at radius 2 is 0.987 bits per heavy atom. The lowest BCUT2D eigenvalue weighted by atomic mass is 9.94. The summed E-state index contributed by atoms with van der Waals surface area (Å²) in [6.45, 7) is 5.40. The number of carboxylic acids is 1. The molecule has 2 amide bonds. The van der Waals surface area contributed by atoms with Crippen LogP contribution in [0.2, 0.25) is 0 Å². The number of anilines is 5. The van der Waals surface area contributed by atoms with Gasteiger partial charge in [-0.2, -0.15) is 10.5 Å². The van der Waals surface area contributed by atoms with Crippen molar-refractivity contribution >= 4 is 75.1 Å². The molecule has 6 aromatic rings. The summed E-state index contributed by atoms with van der Waals surface area (Å²) in [5.74, 6) is -0.172. The summed E-state index contributed by atoms with van der Waals surface area (Å²) in [6.07, 6.45) is 15.7. The van der Waals surface area contributed by atoms with Gasteiger partial charge in [-0.15, -0.1) is 0 Å². The van der Waals surface area contributed by atoms with Crippen LogP contribution in [0.15, 0.2) is 139 Å². The largest absolute Gasteiger partial charge is 0.497 e. The molecule has 0 unspecified atom stereocenters. The van der Waals surface area contributed by atoms with E-state index in [0.717, 1.165) is 115 Å². The molecule has 6 aromatic carbocycles. The summed E-state index contributed by atoms with van der Waals surface area (Å²) >= 11 is 0. The summed E-state index contributed by atoms with van der Waals surface area (Å²) < 4.78 is 10.9. The highest BCUT2D eigenvalue weighted by molar-refractivity contribution is 6.50. The van der Waals surface area contributed by atoms with Gasteiger partial charge in [0.2, 0.25) is 0 Å². The standard InChI is InChI=1S/C65H65N5O6/c1-5-7-9-11-13-15-37-68-59-41-46(40-50(43-66)48-20-17-45(18-21-48)39-51(44-67)65(73)74)19-35-57(59)61(63(68)71)62-58-36-24-49(42-60(58)69(64(62)72)38-16-14-12-10-8-6-2)47-22-25-52(26-23-47)70(53-27-31-55(75-3)32-28-53)54-29-33-56(76-4)34-30-54/h17-36,39-42H,5-16,37-38H2,1-4H3,(H,73,74)/b50-40+,51-39-,62-61-. The second kappa shape index (κ2) is 25.5. The van der Waals surface area contributed by atoms with Gasteiger partial charge in [-0.3, -0.25) is 9.59 Å². The number of ether oxygens (including phenoxy) is 2. The fourth-order valence-electron chi connectivity index (χ4n) is 10.1. The second-order valence-electron chi connectivity index (χ2n) is 19.3. The van der Waals surface area contributed by atoms with E-state index >= 15 is 9.59 Å². The molecule has 0 aromatic heterocycles. The van der Waals surface area contributed by atoms with Crippen molar-refractivity contribution in [3.63, 3.8) is 0 Å². The van der Waals surface area contributed by atoms with Gasteiger partial charge in [0.15, 0.2) is 0 Å². The Balaban J connectivity index is 1.17. The first kappa shape index (κ1) is 53.6. The number of fused-ring (bicyclic) bond motifs is 2. The van der Waals surface area contributed by atoms with Crippen molar-refractivity contribution in [3.05, 3.63) is 167 Å². The van der Waals surface area contributed by atoms with Crippen molar-refractivity contribution in [2.45, 2.75) is 90.9 Å². The fourth-order valence-corrected chi connectivity index (χ4v) is 10.1. The summed E-state index contributed by atoms with van der Waals surface area (Å²) in [5, 5.41) is 28.9. The van der Waals surface area contributed by atoms with Gasteiger partial charge in [0, 0.05) is 41.3 Å². The van der Waals surface area contributed by atoms with Gasteiger partial charge in [0.05, 0.1) is 48.4 Å². The van der Waals surface area contributed by atoms with E-state index in [9.17, 15) is 20.4 Å². The molecule has 11 heteroatoms. The molecule has 2 aliphatic rings. The number of unbranched alkanes of at least 4 members (excludes halogenated alkanes) is 10. The van der Waals surface area contributed by atoms with Crippen molar-refractivity contribution in [1.29, 1.82) is 10.5 Å². The van der Waals surface area contributed by atoms with Crippen LogP contribution in [0.1, 0.15) is 119 Å². The molecule has 2 aliphatic heterocycles. The number of rotatable bonds is 24. The maximum atomic E-state index is 15.2. The van der Waals surface area contributed by atoms with Crippen LogP contribution in [0.5, 0.6) is 11.5 Å². The van der Waals surface area contributed by atoms with Crippen LogP contribution in [-0.4, -0.2) is 50.2 Å². The lowest BCUT2D eigenvalue weighted by molar-refractivity contribution is -0.132. The molecule has 76 heavy (non-hydrogen) atoms. The van der Waals surface area contributed by atoms with Gasteiger partial charge in [-0.05, 0) is 126 Å². The Morgan fingerprint density at radius 1 is 0.539 bits per heavy atom. The minimum absolute atomic E-state index is 0.180. The van der Waals surface area contributed by atoms with Gasteiger partial charge in [0.1, 0.15) is 23.1 Å². The molecular weight excluding hydrogens is 947 g/mol. The Kier molecular flexibility index (Phi) is 18.0. The van der Waals surface area contributed by atoms with Crippen molar-refractivity contribution in [2.24, 2.45) is 0 Å². The minimum atomic E-state index is -1.32. The highest BCUT2D eigenvalue weighted by atomic mass is 16.5. The number of hydrogen-bond acceptors (Lipinski definition) is 8. The first-order valence-electron chi connectivity index (χ1n) is 26.5. The lowest BCUT2D eigenvalue weighted by Gasteiger charge is -2.26. The molecule has 11 nitrogen and oxygen atoms in total. The number of allylic oxidation sites excluding steroid dienone is 1. The number of nitriles is 2. The average Bonchev–Trinajstić information content (AvgIpc) is 3.88. The van der Waals surface area contributed by atoms with Gasteiger partial charge < -0.3 is 29.3 Å². The van der Waals surface area contributed by atoms with Crippen molar-refractivity contribution < 1.29 is 29.0 Å². The molecule has 1 N–H and O–H groups in total. The van der Waals surface area contributed by atoms with Crippen molar-refractivity contribution in [1.82, 2.24) is 0 Å². The molecule has 0 saturated heterocycles. The van der Waals surface area contributed by atoms with Crippen LogP contribution >= 0.6 is 0 Å². The maximum Gasteiger partial charge on any atom is 0.346 e. The van der Waals surface area contributed by atoms with Crippen LogP contribution in [-0.2, 0) is 14.4 Å². The Labute approximate surface area is 447 Å². The zero-order chi connectivity index (χ0) is 53.6. The number of aliphatic carboxylic acids is 1. The SMILES string of the molecule is CCCCCCCCN1C(=O)/C(=C2\C(=O)N(CCCCCCCC)c3cc(-c4ccc(N(c5ccc(OC)cc5)c5ccc(OC)cc5)cc4)ccc32)c2ccc(/C=C(\C#N)c3ccc(/C=C(/C#N)C(=O)O)cc3)cc21. The second-order valence-corrected chi connectivity index (χ2v) is 19.3. The Bertz CT molecular complexity index is 3180. The number of carbonyl (C=O) groups is 3. The van der Waals surface area contributed by atoms with Gasteiger partial charge in [-0.1, -0.05) is 139 Å². The van der Waals surface area contributed by atoms with E-state index in [1.165, 1.54) is 18.9 Å². The average molecular weight is 1010 g/mol. The van der Waals surface area contributed by atoms with Gasteiger partial charge in [0.25, 0.3) is 11.8 Å². The number of amides is 2. The van der Waals surface area contributed by atoms with Crippen LogP contribution < -0.4 is 24.2 Å². The molecule has 0 fully saturated rings. The van der Waals surface area contributed by atoms with E-state index in [2.05, 4.69) is 55.1 Å². The molecular formula is C65H65N5O6. The van der Waals surface area contributed by atoms with Crippen LogP contribution in [0.4, 0.5) is 28.4 Å². The normalized spacial score (nSPS) is 14.1. The molecule has 386 valence electrons. The number of carbonyl (C=O) groups excluding carboxylic acids is 2. The Morgan fingerprint density at radius 3 is 1.46 bits per heavy atom. The number of benzene rings is 6. The topological polar surface area (TPSA) is 147 Å². The van der Waals surface area contributed by atoms with Gasteiger partial charge in [-0.25, -0.2) is 4.79 Å². The molecule has 0 bridgehead atoms. The third kappa shape index (κ3) is 12.1. The van der Waals surface area contributed by atoms with Crippen LogP contribution in [0.25, 0.3) is 40.0 Å². The predicted molar refractivity (Wildman–Crippen MR) is 306 cm³/mol. The predicted octanol–water partition coefficient (Wildman–Crippen LogP) is 15.2. The minimum Gasteiger partial charge on any atom is -0.497 e. The lowest BCUT2D eigenvalue weighted by Crippen LogP contribution is -2.30. The molecule has 0 radical (unpaired) electrons. The van der Waals surface area contributed by atoms with E-state index in [1.54, 1.807) is 50.6 Å². The van der Waals surface area contributed by atoms with E-state index in [4.69, 9.17) is 9.47 Å². The summed E-state index contributed by atoms with van der Waals surface area (Å²) in [6, 6.07) is 46.9. The fraction of sp³-hybridized carbons (Fsp3) is 0.277. The number of hydrogen-bond donors (Lipinski definition) is 1. The highest BCUT2D eigenvalue weighted by Gasteiger charge is 2.42. The number of carboxylic acid groups (broad SMARTS) is 1. The third-order valence-electron chi connectivity index (χ3n) is 14.2. The smallest absolute Gasteiger partial charge is 0.346 e. The van der Waals surface area contributed by atoms with E-state index in [0.29, 0.717) is 57.8 Å². The van der Waals surface area contributed by atoms with Crippen LogP contribution in [0.3, 0.4) is 0 Å². The Hall–Kier alpha value is -8.67. The van der Waals surface area contributed by atoms with Crippen LogP contribution in [0, 0.1) is 22.7 Å². The van der Waals surface area contributed by atoms with Gasteiger partial charge >= 0.3 is 5.97 Å². The number of methoxy groups -OCH3 is 2. The van der Waals surface area contributed by atoms with E-state index in [1.807, 2.05) is 88.7 Å². The third-order valence-corrected chi connectivity index (χ3v) is 14.2. The monoisotopic (exact) mass is 1010 g/mol. The maximum absolute atomic E-state index is 15.2. The van der Waals surface area contributed by atoms with Crippen molar-refractivity contribution in [3.8, 4) is 34.8 Å². The molecule has 0 aliphatic carbocycles. The zero-order valence-electron chi connectivity index (χ0n) is 44.0. The zero-order valence-corrected chi connectivity index (χ0v) is 44.0. The van der Waals surface area contributed by atoms with E-state index < -0.39 is 11.5 Å². The molecule has 8 rings (SSSR count). The number of nitrogens with zero attached hydrogens (tertiary/aromatic N) is 5. The molecule has 0 atom stereocenters. The highest BCUT2D eigenvalue weighted by Crippen LogP contribution is 2.48. The van der Waals surface area contributed by atoms with Crippen molar-refractivity contribution in [2.75, 3.05) is 42.0 Å². The summed E-state index contributed by atoms with van der Waals surface area (Å²) in [5.41, 5.74) is 10.3. The molecule has 0 saturated carbocycles.